The van der Waals surface area contributed by atoms with Crippen LogP contribution >= 0.6 is 0 Å². The SMILES string of the molecule is C=CC(=C)C1(N(C)C)CCN(CC(=O)Nc2ccccc2OC(CCNC)c2ccccc2)CC1. The van der Waals surface area contributed by atoms with Crippen LogP contribution in [0.5, 0.6) is 5.75 Å². The van der Waals surface area contributed by atoms with Crippen LogP contribution in [-0.4, -0.2) is 68.6 Å². The Morgan fingerprint density at radius 3 is 2.43 bits per heavy atom. The molecule has 3 rings (SSSR count). The van der Waals surface area contributed by atoms with E-state index in [0.717, 1.165) is 50.0 Å². The van der Waals surface area contributed by atoms with E-state index in [1.54, 1.807) is 0 Å². The Morgan fingerprint density at radius 2 is 1.80 bits per heavy atom. The maximum atomic E-state index is 13.0. The van der Waals surface area contributed by atoms with Gasteiger partial charge in [0.15, 0.2) is 0 Å². The first kappa shape index (κ1) is 26.7. The standard InChI is InChI=1S/C29H40N4O2/c1-6-23(2)29(32(4)5)17-20-33(21-18-29)22-28(34)31-25-14-10-11-15-27(25)35-26(16-19-30-3)24-12-8-7-9-13-24/h6-15,26,30H,1-2,16-22H2,3-5H3,(H,31,34). The van der Waals surface area contributed by atoms with Gasteiger partial charge < -0.3 is 15.4 Å². The number of anilines is 1. The summed E-state index contributed by atoms with van der Waals surface area (Å²) in [7, 11) is 6.12. The maximum Gasteiger partial charge on any atom is 0.238 e. The number of nitrogens with zero attached hydrogens (tertiary/aromatic N) is 2. The molecule has 0 radical (unpaired) electrons. The minimum absolute atomic E-state index is 0.0348. The van der Waals surface area contributed by atoms with Crippen LogP contribution in [0.3, 0.4) is 0 Å². The van der Waals surface area contributed by atoms with Gasteiger partial charge in [0.1, 0.15) is 11.9 Å². The second-order valence-electron chi connectivity index (χ2n) is 9.39. The lowest BCUT2D eigenvalue weighted by Crippen LogP contribution is -2.54. The van der Waals surface area contributed by atoms with Gasteiger partial charge in [-0.1, -0.05) is 61.7 Å². The molecule has 0 spiro atoms. The quantitative estimate of drug-likeness (QED) is 0.442. The first-order valence-electron chi connectivity index (χ1n) is 12.4. The fourth-order valence-corrected chi connectivity index (χ4v) is 4.78. The van der Waals surface area contributed by atoms with Gasteiger partial charge in [0.25, 0.3) is 0 Å². The van der Waals surface area contributed by atoms with E-state index >= 15 is 0 Å². The average Bonchev–Trinajstić information content (AvgIpc) is 2.87. The van der Waals surface area contributed by atoms with Gasteiger partial charge in [-0.25, -0.2) is 0 Å². The van der Waals surface area contributed by atoms with Crippen LogP contribution in [0.15, 0.2) is 79.4 Å². The van der Waals surface area contributed by atoms with Gasteiger partial charge in [-0.15, -0.1) is 0 Å². The highest BCUT2D eigenvalue weighted by atomic mass is 16.5. The number of nitrogens with one attached hydrogen (secondary N) is 2. The van der Waals surface area contributed by atoms with Crippen LogP contribution in [0.4, 0.5) is 5.69 Å². The number of likely N-dealkylation sites (tertiary alicyclic amines) is 1. The molecular weight excluding hydrogens is 436 g/mol. The topological polar surface area (TPSA) is 56.8 Å². The molecule has 1 saturated heterocycles. The molecule has 2 aromatic rings. The molecule has 2 N–H and O–H groups in total. The van der Waals surface area contributed by atoms with Crippen LogP contribution in [0, 0.1) is 0 Å². The summed E-state index contributed by atoms with van der Waals surface area (Å²) >= 11 is 0. The Hall–Kier alpha value is -2.93. The first-order chi connectivity index (χ1) is 16.9. The van der Waals surface area contributed by atoms with Gasteiger partial charge in [-0.2, -0.15) is 0 Å². The van der Waals surface area contributed by atoms with Crippen LogP contribution in [0.25, 0.3) is 0 Å². The zero-order chi connectivity index (χ0) is 25.3. The minimum Gasteiger partial charge on any atom is -0.484 e. The molecule has 1 amide bonds. The Labute approximate surface area is 210 Å². The van der Waals surface area contributed by atoms with Gasteiger partial charge in [-0.05, 0) is 63.8 Å². The summed E-state index contributed by atoms with van der Waals surface area (Å²) in [6.45, 7) is 11.0. The van der Waals surface area contributed by atoms with Crippen molar-refractivity contribution in [2.45, 2.75) is 30.9 Å². The molecule has 1 aliphatic rings. The van der Waals surface area contributed by atoms with Crippen molar-refractivity contribution in [3.8, 4) is 5.75 Å². The van der Waals surface area contributed by atoms with Crippen LogP contribution < -0.4 is 15.4 Å². The Kier molecular flexibility index (Phi) is 9.66. The molecule has 6 heteroatoms. The van der Waals surface area contributed by atoms with Crippen molar-refractivity contribution >= 4 is 11.6 Å². The van der Waals surface area contributed by atoms with Crippen molar-refractivity contribution in [3.63, 3.8) is 0 Å². The number of carbonyl (C=O) groups excluding carboxylic acids is 1. The number of rotatable bonds is 12. The van der Waals surface area contributed by atoms with Crippen molar-refractivity contribution < 1.29 is 9.53 Å². The smallest absolute Gasteiger partial charge is 0.238 e. The van der Waals surface area contributed by atoms with Crippen LogP contribution in [-0.2, 0) is 4.79 Å². The number of piperidine rings is 1. The summed E-state index contributed by atoms with van der Waals surface area (Å²) in [6.07, 6.45) is 4.41. The minimum atomic E-state index is -0.110. The summed E-state index contributed by atoms with van der Waals surface area (Å²) in [5.74, 6) is 0.644. The predicted octanol–water partition coefficient (Wildman–Crippen LogP) is 4.49. The van der Waals surface area contributed by atoms with E-state index in [9.17, 15) is 4.79 Å². The van der Waals surface area contributed by atoms with Gasteiger partial charge in [0, 0.05) is 25.0 Å². The fourth-order valence-electron chi connectivity index (χ4n) is 4.78. The monoisotopic (exact) mass is 476 g/mol. The summed E-state index contributed by atoms with van der Waals surface area (Å²) in [4.78, 5) is 17.4. The fraction of sp³-hybridized carbons (Fsp3) is 0.414. The van der Waals surface area contributed by atoms with Crippen LogP contribution in [0.1, 0.15) is 30.9 Å². The molecule has 188 valence electrons. The predicted molar refractivity (Wildman–Crippen MR) is 145 cm³/mol. The zero-order valence-electron chi connectivity index (χ0n) is 21.4. The lowest BCUT2D eigenvalue weighted by atomic mass is 9.80. The number of hydrogen-bond donors (Lipinski definition) is 2. The second kappa shape index (κ2) is 12.7. The number of ether oxygens (including phenoxy) is 1. The zero-order valence-corrected chi connectivity index (χ0v) is 21.4. The Bertz CT molecular complexity index is 981. The van der Waals surface area contributed by atoms with Crippen molar-refractivity contribution in [1.29, 1.82) is 0 Å². The number of carbonyl (C=O) groups is 1. The molecule has 35 heavy (non-hydrogen) atoms. The number of likely N-dealkylation sites (N-methyl/N-ethyl adjacent to an activating group) is 1. The van der Waals surface area contributed by atoms with Crippen LogP contribution in [0.2, 0.25) is 0 Å². The van der Waals surface area contributed by atoms with Gasteiger partial charge in [0.2, 0.25) is 5.91 Å². The van der Waals surface area contributed by atoms with E-state index in [4.69, 9.17) is 4.74 Å². The molecule has 1 heterocycles. The molecule has 0 bridgehead atoms. The third-order valence-electron chi connectivity index (χ3n) is 7.01. The van der Waals surface area contributed by atoms with Gasteiger partial charge in [-0.3, -0.25) is 14.6 Å². The number of benzene rings is 2. The lowest BCUT2D eigenvalue weighted by molar-refractivity contribution is -0.117. The molecule has 0 aromatic heterocycles. The molecule has 6 nitrogen and oxygen atoms in total. The van der Waals surface area contributed by atoms with E-state index < -0.39 is 0 Å². The number of amides is 1. The number of para-hydroxylation sites is 2. The van der Waals surface area contributed by atoms with E-state index in [-0.39, 0.29) is 17.6 Å². The molecule has 0 aliphatic carbocycles. The average molecular weight is 477 g/mol. The third kappa shape index (κ3) is 6.82. The molecule has 2 aromatic carbocycles. The largest absolute Gasteiger partial charge is 0.484 e. The van der Waals surface area contributed by atoms with Gasteiger partial charge in [0.05, 0.1) is 12.2 Å². The van der Waals surface area contributed by atoms with E-state index in [1.165, 1.54) is 0 Å². The summed E-state index contributed by atoms with van der Waals surface area (Å²) in [5.41, 5.74) is 2.77. The second-order valence-corrected chi connectivity index (χ2v) is 9.39. The first-order valence-corrected chi connectivity index (χ1v) is 12.4. The Morgan fingerprint density at radius 1 is 1.14 bits per heavy atom. The van der Waals surface area contributed by atoms with Crippen molar-refractivity contribution in [1.82, 2.24) is 15.1 Å². The molecule has 1 atom stereocenters. The summed E-state index contributed by atoms with van der Waals surface area (Å²) in [6, 6.07) is 17.9. The highest BCUT2D eigenvalue weighted by Gasteiger charge is 2.38. The van der Waals surface area contributed by atoms with Crippen molar-refractivity contribution in [2.75, 3.05) is 52.6 Å². The third-order valence-corrected chi connectivity index (χ3v) is 7.01. The summed E-state index contributed by atoms with van der Waals surface area (Å²) < 4.78 is 6.42. The molecule has 0 saturated carbocycles. The van der Waals surface area contributed by atoms with Crippen molar-refractivity contribution in [3.05, 3.63) is 85.0 Å². The summed E-state index contributed by atoms with van der Waals surface area (Å²) in [5, 5.41) is 6.28. The highest BCUT2D eigenvalue weighted by molar-refractivity contribution is 5.93. The van der Waals surface area contributed by atoms with Gasteiger partial charge >= 0.3 is 0 Å². The number of hydrogen-bond acceptors (Lipinski definition) is 5. The van der Waals surface area contributed by atoms with Crippen molar-refractivity contribution in [2.24, 2.45) is 0 Å². The normalized spacial score (nSPS) is 16.5. The highest BCUT2D eigenvalue weighted by Crippen LogP contribution is 2.34. The molecular formula is C29H40N4O2. The molecule has 1 unspecified atom stereocenters. The maximum absolute atomic E-state index is 13.0. The Balaban J connectivity index is 1.64. The van der Waals surface area contributed by atoms with E-state index in [2.05, 4.69) is 59.8 Å². The van der Waals surface area contributed by atoms with E-state index in [0.29, 0.717) is 18.0 Å². The molecule has 1 fully saturated rings. The van der Waals surface area contributed by atoms with E-state index in [1.807, 2.05) is 55.6 Å². The molecule has 1 aliphatic heterocycles. The lowest BCUT2D eigenvalue weighted by Gasteiger charge is -2.46.